The number of hydrogen-bond donors (Lipinski definition) is 1. The molecule has 0 aliphatic heterocycles. The van der Waals surface area contributed by atoms with Gasteiger partial charge in [-0.2, -0.15) is 5.10 Å². The number of nitrogens with zero attached hydrogens (tertiary/aromatic N) is 3. The zero-order chi connectivity index (χ0) is 17.7. The van der Waals surface area contributed by atoms with Gasteiger partial charge in [0.1, 0.15) is 5.69 Å². The third-order valence-corrected chi connectivity index (χ3v) is 3.99. The van der Waals surface area contributed by atoms with Crippen molar-refractivity contribution < 1.29 is 9.85 Å². The molecule has 0 aliphatic rings. The number of hydrogen-bond acceptors (Lipinski definition) is 7. The van der Waals surface area contributed by atoms with E-state index >= 15 is 0 Å². The van der Waals surface area contributed by atoms with Gasteiger partial charge >= 0.3 is 5.69 Å². The topological polar surface area (TPSA) is 111 Å². The van der Waals surface area contributed by atoms with Gasteiger partial charge in [-0.05, 0) is 42.5 Å². The van der Waals surface area contributed by atoms with E-state index in [9.17, 15) is 20.2 Å². The van der Waals surface area contributed by atoms with Crippen LogP contribution in [0.2, 0.25) is 0 Å². The van der Waals surface area contributed by atoms with Crippen LogP contribution < -0.4 is 5.43 Å². The minimum atomic E-state index is -0.690. The molecule has 0 amide bonds. The fourth-order valence-corrected chi connectivity index (χ4v) is 2.38. The molecule has 2 aromatic carbocycles. The fourth-order valence-electron chi connectivity index (χ4n) is 1.94. The summed E-state index contributed by atoms with van der Waals surface area (Å²) in [6.07, 6.45) is 3.52. The lowest BCUT2D eigenvalue weighted by atomic mass is 10.1. The van der Waals surface area contributed by atoms with E-state index in [1.54, 1.807) is 18.0 Å². The lowest BCUT2D eigenvalue weighted by molar-refractivity contribution is -0.393. The number of anilines is 1. The molecule has 0 aromatic heterocycles. The molecular formula is C15H14N4O4S. The van der Waals surface area contributed by atoms with E-state index in [4.69, 9.17) is 0 Å². The summed E-state index contributed by atoms with van der Waals surface area (Å²) < 4.78 is 0. The summed E-state index contributed by atoms with van der Waals surface area (Å²) in [4.78, 5) is 21.5. The van der Waals surface area contributed by atoms with Gasteiger partial charge in [0, 0.05) is 11.0 Å². The van der Waals surface area contributed by atoms with E-state index in [-0.39, 0.29) is 11.4 Å². The average molecular weight is 346 g/mol. The van der Waals surface area contributed by atoms with Gasteiger partial charge in [-0.15, -0.1) is 11.8 Å². The Hall–Kier alpha value is -2.94. The molecule has 0 spiro atoms. The zero-order valence-corrected chi connectivity index (χ0v) is 13.7. The average Bonchev–Trinajstić information content (AvgIpc) is 2.56. The molecule has 124 valence electrons. The van der Waals surface area contributed by atoms with Crippen LogP contribution in [-0.4, -0.2) is 22.3 Å². The number of nitro benzene ring substituents is 2. The molecule has 2 aromatic rings. The molecule has 0 heterocycles. The van der Waals surface area contributed by atoms with Crippen LogP contribution in [0.1, 0.15) is 11.1 Å². The van der Waals surface area contributed by atoms with Crippen LogP contribution in [0.5, 0.6) is 0 Å². The maximum Gasteiger partial charge on any atom is 0.301 e. The molecule has 8 nitrogen and oxygen atoms in total. The van der Waals surface area contributed by atoms with Crippen LogP contribution in [0.15, 0.2) is 46.4 Å². The number of aryl methyl sites for hydroxylation is 1. The Morgan fingerprint density at radius 3 is 2.50 bits per heavy atom. The minimum Gasteiger partial charge on any atom is -0.272 e. The third-order valence-electron chi connectivity index (χ3n) is 3.26. The molecular weight excluding hydrogens is 332 g/mol. The lowest BCUT2D eigenvalue weighted by Crippen LogP contribution is -1.99. The predicted octanol–water partition coefficient (Wildman–Crippen LogP) is 3.98. The maximum absolute atomic E-state index is 11.1. The molecule has 2 rings (SSSR count). The van der Waals surface area contributed by atoms with Crippen molar-refractivity contribution in [3.63, 3.8) is 0 Å². The molecule has 0 radical (unpaired) electrons. The highest BCUT2D eigenvalue weighted by molar-refractivity contribution is 7.98. The number of rotatable bonds is 6. The van der Waals surface area contributed by atoms with E-state index in [0.29, 0.717) is 0 Å². The van der Waals surface area contributed by atoms with Gasteiger partial charge in [0.2, 0.25) is 0 Å². The van der Waals surface area contributed by atoms with Gasteiger partial charge in [0.15, 0.2) is 0 Å². The summed E-state index contributed by atoms with van der Waals surface area (Å²) in [6.45, 7) is 1.93. The highest BCUT2D eigenvalue weighted by atomic mass is 32.2. The number of hydrazone groups is 1. The first kappa shape index (κ1) is 17.4. The van der Waals surface area contributed by atoms with Gasteiger partial charge in [-0.1, -0.05) is 6.07 Å². The van der Waals surface area contributed by atoms with Crippen molar-refractivity contribution >= 4 is 35.0 Å². The SMILES string of the molecule is CSc1ccc(C)c(/C=N/Nc2ccc([N+](=O)[O-])cc2[N+](=O)[O-])c1. The lowest BCUT2D eigenvalue weighted by Gasteiger charge is -2.04. The second kappa shape index (κ2) is 7.55. The summed E-state index contributed by atoms with van der Waals surface area (Å²) in [5.74, 6) is 0. The van der Waals surface area contributed by atoms with Crippen LogP contribution in [-0.2, 0) is 0 Å². The Kier molecular flexibility index (Phi) is 5.48. The minimum absolute atomic E-state index is 0.0838. The zero-order valence-electron chi connectivity index (χ0n) is 12.9. The summed E-state index contributed by atoms with van der Waals surface area (Å²) in [5.41, 5.74) is 3.79. The quantitative estimate of drug-likeness (QED) is 0.366. The van der Waals surface area contributed by atoms with Gasteiger partial charge in [0.05, 0.1) is 22.1 Å². The molecule has 9 heteroatoms. The van der Waals surface area contributed by atoms with Crippen molar-refractivity contribution in [1.29, 1.82) is 0 Å². The number of nitro groups is 2. The molecule has 0 saturated heterocycles. The Balaban J connectivity index is 2.25. The first-order valence-corrected chi connectivity index (χ1v) is 8.01. The summed E-state index contributed by atoms with van der Waals surface area (Å²) >= 11 is 1.60. The molecule has 0 bridgehead atoms. The van der Waals surface area contributed by atoms with E-state index in [2.05, 4.69) is 10.5 Å². The second-order valence-corrected chi connectivity index (χ2v) is 5.69. The van der Waals surface area contributed by atoms with Crippen molar-refractivity contribution in [3.05, 3.63) is 67.8 Å². The second-order valence-electron chi connectivity index (χ2n) is 4.81. The van der Waals surface area contributed by atoms with Gasteiger partial charge < -0.3 is 0 Å². The molecule has 1 N–H and O–H groups in total. The standard InChI is InChI=1S/C15H14N4O4S/c1-10-3-5-13(24-2)7-11(10)9-16-17-14-6-4-12(18(20)21)8-15(14)19(22)23/h3-9,17H,1-2H3/b16-9+. The number of benzene rings is 2. The number of thioether (sulfide) groups is 1. The first-order chi connectivity index (χ1) is 11.4. The van der Waals surface area contributed by atoms with E-state index in [1.807, 2.05) is 31.4 Å². The van der Waals surface area contributed by atoms with E-state index in [1.165, 1.54) is 12.1 Å². The monoisotopic (exact) mass is 346 g/mol. The van der Waals surface area contributed by atoms with Crippen molar-refractivity contribution in [1.82, 2.24) is 0 Å². The van der Waals surface area contributed by atoms with Crippen molar-refractivity contribution in [2.75, 3.05) is 11.7 Å². The van der Waals surface area contributed by atoms with Crippen molar-refractivity contribution in [3.8, 4) is 0 Å². The molecule has 0 unspecified atom stereocenters. The van der Waals surface area contributed by atoms with Crippen LogP contribution in [0.3, 0.4) is 0 Å². The van der Waals surface area contributed by atoms with Crippen LogP contribution in [0, 0.1) is 27.2 Å². The highest BCUT2D eigenvalue weighted by Crippen LogP contribution is 2.28. The maximum atomic E-state index is 11.1. The largest absolute Gasteiger partial charge is 0.301 e. The van der Waals surface area contributed by atoms with Crippen LogP contribution >= 0.6 is 11.8 Å². The van der Waals surface area contributed by atoms with Crippen molar-refractivity contribution in [2.45, 2.75) is 11.8 Å². The van der Waals surface area contributed by atoms with Crippen molar-refractivity contribution in [2.24, 2.45) is 5.10 Å². The Bertz CT molecular complexity index is 823. The van der Waals surface area contributed by atoms with Gasteiger partial charge in [-0.25, -0.2) is 0 Å². The molecule has 0 aliphatic carbocycles. The molecule has 0 saturated carbocycles. The van der Waals surface area contributed by atoms with Gasteiger partial charge in [0.25, 0.3) is 5.69 Å². The summed E-state index contributed by atoms with van der Waals surface area (Å²) in [5, 5.41) is 25.8. The van der Waals surface area contributed by atoms with E-state index < -0.39 is 15.5 Å². The van der Waals surface area contributed by atoms with E-state index in [0.717, 1.165) is 22.1 Å². The number of nitrogens with one attached hydrogen (secondary N) is 1. The smallest absolute Gasteiger partial charge is 0.272 e. The first-order valence-electron chi connectivity index (χ1n) is 6.79. The normalized spacial score (nSPS) is 10.8. The number of non-ortho nitro benzene ring substituents is 1. The summed E-state index contributed by atoms with van der Waals surface area (Å²) in [6, 6.07) is 9.25. The Labute approximate surface area is 141 Å². The third kappa shape index (κ3) is 4.07. The Morgan fingerprint density at radius 2 is 1.88 bits per heavy atom. The Morgan fingerprint density at radius 1 is 1.12 bits per heavy atom. The van der Waals surface area contributed by atoms with Gasteiger partial charge in [-0.3, -0.25) is 25.7 Å². The fraction of sp³-hybridized carbons (Fsp3) is 0.133. The highest BCUT2D eigenvalue weighted by Gasteiger charge is 2.19. The molecule has 0 fully saturated rings. The van der Waals surface area contributed by atoms with Crippen LogP contribution in [0.25, 0.3) is 0 Å². The molecule has 24 heavy (non-hydrogen) atoms. The predicted molar refractivity (Wildman–Crippen MR) is 93.9 cm³/mol. The summed E-state index contributed by atoms with van der Waals surface area (Å²) in [7, 11) is 0. The molecule has 0 atom stereocenters. The van der Waals surface area contributed by atoms with Crippen LogP contribution in [0.4, 0.5) is 17.1 Å².